The summed E-state index contributed by atoms with van der Waals surface area (Å²) in [6.45, 7) is 4.25. The van der Waals surface area contributed by atoms with Gasteiger partial charge in [-0.3, -0.25) is 0 Å². The van der Waals surface area contributed by atoms with Crippen LogP contribution in [0.1, 0.15) is 24.2 Å². The summed E-state index contributed by atoms with van der Waals surface area (Å²) in [6.07, 6.45) is 0.0707. The van der Waals surface area contributed by atoms with Crippen molar-refractivity contribution >= 4 is 5.69 Å². The average Bonchev–Trinajstić information content (AvgIpc) is 2.39. The molecule has 0 amide bonds. The summed E-state index contributed by atoms with van der Waals surface area (Å²) in [5, 5.41) is 3.52. The van der Waals surface area contributed by atoms with E-state index in [1.807, 2.05) is 12.1 Å². The Kier molecular flexibility index (Phi) is 2.71. The summed E-state index contributed by atoms with van der Waals surface area (Å²) in [7, 11) is 0. The minimum absolute atomic E-state index is 0.0707. The molecule has 2 heteroatoms. The van der Waals surface area contributed by atoms with Crippen molar-refractivity contribution < 1.29 is 4.74 Å². The summed E-state index contributed by atoms with van der Waals surface area (Å²) in [6, 6.07) is 16.9. The lowest BCUT2D eigenvalue weighted by molar-refractivity contribution is 0.177. The Morgan fingerprint density at radius 2 is 1.83 bits per heavy atom. The molecule has 1 heterocycles. The second kappa shape index (κ2) is 4.37. The molecule has 0 spiro atoms. The lowest BCUT2D eigenvalue weighted by Gasteiger charge is -2.33. The number of aryl methyl sites for hydroxylation is 1. The Hall–Kier alpha value is -1.96. The van der Waals surface area contributed by atoms with Gasteiger partial charge in [-0.05, 0) is 37.1 Å². The van der Waals surface area contributed by atoms with E-state index in [4.69, 9.17) is 4.74 Å². The van der Waals surface area contributed by atoms with Crippen LogP contribution in [0, 0.1) is 6.92 Å². The normalized spacial score (nSPS) is 21.7. The number of fused-ring (bicyclic) bond motifs is 1. The van der Waals surface area contributed by atoms with Crippen LogP contribution in [0.4, 0.5) is 5.69 Å². The summed E-state index contributed by atoms with van der Waals surface area (Å²) < 4.78 is 6.12. The fraction of sp³-hybridized carbons (Fsp3) is 0.250. The first-order valence-corrected chi connectivity index (χ1v) is 6.33. The van der Waals surface area contributed by atoms with Crippen molar-refractivity contribution in [3.63, 3.8) is 0 Å². The summed E-state index contributed by atoms with van der Waals surface area (Å²) in [4.78, 5) is 0. The molecule has 0 saturated carbocycles. The molecule has 0 aromatic heterocycles. The van der Waals surface area contributed by atoms with Crippen molar-refractivity contribution in [3.05, 3.63) is 59.7 Å². The molecule has 2 aromatic rings. The van der Waals surface area contributed by atoms with E-state index in [2.05, 4.69) is 55.6 Å². The summed E-state index contributed by atoms with van der Waals surface area (Å²) in [5.74, 6) is 0.938. The molecular weight excluding hydrogens is 222 g/mol. The van der Waals surface area contributed by atoms with Gasteiger partial charge in [-0.25, -0.2) is 0 Å². The topological polar surface area (TPSA) is 21.3 Å². The van der Waals surface area contributed by atoms with Crippen LogP contribution in [-0.2, 0) is 0 Å². The first kappa shape index (κ1) is 11.1. The lowest BCUT2D eigenvalue weighted by Crippen LogP contribution is -2.32. The van der Waals surface area contributed by atoms with Crippen LogP contribution in [0.5, 0.6) is 5.75 Å². The van der Waals surface area contributed by atoms with Crippen LogP contribution in [0.3, 0.4) is 0 Å². The molecule has 2 unspecified atom stereocenters. The molecule has 3 rings (SSSR count). The molecule has 2 aromatic carbocycles. The number of hydrogen-bond acceptors (Lipinski definition) is 2. The zero-order valence-electron chi connectivity index (χ0n) is 10.7. The van der Waals surface area contributed by atoms with E-state index in [0.717, 1.165) is 11.4 Å². The SMILES string of the molecule is Cc1ccc2c(c1)NC(C)C(c1ccccc1)O2. The van der Waals surface area contributed by atoms with E-state index in [9.17, 15) is 0 Å². The monoisotopic (exact) mass is 239 g/mol. The third-order valence-corrected chi connectivity index (χ3v) is 3.35. The molecule has 1 aliphatic heterocycles. The number of anilines is 1. The van der Waals surface area contributed by atoms with Crippen molar-refractivity contribution in [1.82, 2.24) is 0 Å². The van der Waals surface area contributed by atoms with E-state index in [-0.39, 0.29) is 12.1 Å². The van der Waals surface area contributed by atoms with Crippen LogP contribution in [0.25, 0.3) is 0 Å². The number of ether oxygens (including phenoxy) is 1. The van der Waals surface area contributed by atoms with Crippen molar-refractivity contribution in [2.45, 2.75) is 26.0 Å². The van der Waals surface area contributed by atoms with E-state index >= 15 is 0 Å². The van der Waals surface area contributed by atoms with Gasteiger partial charge in [0.1, 0.15) is 11.9 Å². The number of nitrogens with one attached hydrogen (secondary N) is 1. The lowest BCUT2D eigenvalue weighted by atomic mass is 10.0. The van der Waals surface area contributed by atoms with Crippen LogP contribution in [0.15, 0.2) is 48.5 Å². The second-order valence-corrected chi connectivity index (χ2v) is 4.88. The first-order chi connectivity index (χ1) is 8.74. The van der Waals surface area contributed by atoms with Crippen LogP contribution < -0.4 is 10.1 Å². The van der Waals surface area contributed by atoms with Crippen molar-refractivity contribution in [2.75, 3.05) is 5.32 Å². The van der Waals surface area contributed by atoms with E-state index < -0.39 is 0 Å². The third kappa shape index (κ3) is 1.94. The molecule has 0 bridgehead atoms. The molecule has 2 nitrogen and oxygen atoms in total. The quantitative estimate of drug-likeness (QED) is 0.814. The number of benzene rings is 2. The molecule has 92 valence electrons. The molecule has 2 atom stereocenters. The summed E-state index contributed by atoms with van der Waals surface area (Å²) >= 11 is 0. The smallest absolute Gasteiger partial charge is 0.144 e. The van der Waals surface area contributed by atoms with Gasteiger partial charge >= 0.3 is 0 Å². The molecule has 1 N–H and O–H groups in total. The maximum atomic E-state index is 6.12. The highest BCUT2D eigenvalue weighted by atomic mass is 16.5. The van der Waals surface area contributed by atoms with E-state index in [0.29, 0.717) is 0 Å². The maximum Gasteiger partial charge on any atom is 0.144 e. The Labute approximate surface area is 108 Å². The van der Waals surface area contributed by atoms with Crippen molar-refractivity contribution in [1.29, 1.82) is 0 Å². The van der Waals surface area contributed by atoms with Gasteiger partial charge in [0.2, 0.25) is 0 Å². The fourth-order valence-electron chi connectivity index (χ4n) is 2.42. The Morgan fingerprint density at radius 1 is 1.06 bits per heavy atom. The van der Waals surface area contributed by atoms with Crippen molar-refractivity contribution in [2.24, 2.45) is 0 Å². The van der Waals surface area contributed by atoms with Crippen molar-refractivity contribution in [3.8, 4) is 5.75 Å². The van der Waals surface area contributed by atoms with E-state index in [1.54, 1.807) is 0 Å². The second-order valence-electron chi connectivity index (χ2n) is 4.88. The van der Waals surface area contributed by atoms with Gasteiger partial charge in [-0.15, -0.1) is 0 Å². The third-order valence-electron chi connectivity index (χ3n) is 3.35. The van der Waals surface area contributed by atoms with Gasteiger partial charge in [-0.1, -0.05) is 36.4 Å². The molecule has 1 aliphatic rings. The molecule has 0 saturated heterocycles. The van der Waals surface area contributed by atoms with Gasteiger partial charge in [-0.2, -0.15) is 0 Å². The highest BCUT2D eigenvalue weighted by Crippen LogP contribution is 2.37. The zero-order chi connectivity index (χ0) is 12.5. The van der Waals surface area contributed by atoms with Crippen LogP contribution in [-0.4, -0.2) is 6.04 Å². The average molecular weight is 239 g/mol. The van der Waals surface area contributed by atoms with Gasteiger partial charge in [0.25, 0.3) is 0 Å². The Bertz CT molecular complexity index is 550. The summed E-state index contributed by atoms with van der Waals surface area (Å²) in [5.41, 5.74) is 3.55. The number of hydrogen-bond donors (Lipinski definition) is 1. The zero-order valence-corrected chi connectivity index (χ0v) is 10.7. The van der Waals surface area contributed by atoms with Gasteiger partial charge in [0.05, 0.1) is 11.7 Å². The molecule has 0 radical (unpaired) electrons. The molecule has 0 fully saturated rings. The highest BCUT2D eigenvalue weighted by Gasteiger charge is 2.27. The van der Waals surface area contributed by atoms with Gasteiger partial charge in [0.15, 0.2) is 0 Å². The minimum atomic E-state index is 0.0707. The molecule has 18 heavy (non-hydrogen) atoms. The van der Waals surface area contributed by atoms with Gasteiger partial charge in [0, 0.05) is 0 Å². The van der Waals surface area contributed by atoms with E-state index in [1.165, 1.54) is 11.1 Å². The minimum Gasteiger partial charge on any atom is -0.481 e. The Morgan fingerprint density at radius 3 is 2.61 bits per heavy atom. The van der Waals surface area contributed by atoms with Gasteiger partial charge < -0.3 is 10.1 Å². The Balaban J connectivity index is 1.95. The number of rotatable bonds is 1. The predicted molar refractivity (Wildman–Crippen MR) is 74.1 cm³/mol. The van der Waals surface area contributed by atoms with Crippen LogP contribution in [0.2, 0.25) is 0 Å². The van der Waals surface area contributed by atoms with Crippen LogP contribution >= 0.6 is 0 Å². The highest BCUT2D eigenvalue weighted by molar-refractivity contribution is 5.60. The molecular formula is C16H17NO. The predicted octanol–water partition coefficient (Wildman–Crippen LogP) is 3.93. The largest absolute Gasteiger partial charge is 0.481 e. The fourth-order valence-corrected chi connectivity index (χ4v) is 2.42. The standard InChI is InChI=1S/C16H17NO/c1-11-8-9-15-14(10-11)17-12(2)16(18-15)13-6-4-3-5-7-13/h3-10,12,16-17H,1-2H3. The maximum absolute atomic E-state index is 6.12. The molecule has 0 aliphatic carbocycles. The first-order valence-electron chi connectivity index (χ1n) is 6.33.